The zero-order valence-electron chi connectivity index (χ0n) is 12.2. The first-order chi connectivity index (χ1) is 9.48. The fourth-order valence-electron chi connectivity index (χ4n) is 1.53. The number of carbonyl (C=O) groups excluding carboxylic acids is 1. The van der Waals surface area contributed by atoms with Gasteiger partial charge in [-0.05, 0) is 24.0 Å². The minimum atomic E-state index is -0.173. The molecule has 0 aliphatic heterocycles. The minimum Gasteiger partial charge on any atom is -0.385 e. The molecule has 0 bridgehead atoms. The summed E-state index contributed by atoms with van der Waals surface area (Å²) in [4.78, 5) is 13.4. The van der Waals surface area contributed by atoms with Gasteiger partial charge in [0.2, 0.25) is 0 Å². The lowest BCUT2D eigenvalue weighted by molar-refractivity contribution is 0.0925. The Morgan fingerprint density at radius 3 is 2.90 bits per heavy atom. The van der Waals surface area contributed by atoms with Gasteiger partial charge in [-0.3, -0.25) is 4.79 Å². The average Bonchev–Trinajstić information content (AvgIpc) is 2.89. The van der Waals surface area contributed by atoms with Crippen molar-refractivity contribution in [2.75, 3.05) is 26.9 Å². The maximum absolute atomic E-state index is 12.0. The summed E-state index contributed by atoms with van der Waals surface area (Å²) in [6, 6.07) is 3.54. The van der Waals surface area contributed by atoms with E-state index in [1.54, 1.807) is 19.2 Å². The highest BCUT2D eigenvalue weighted by molar-refractivity contribution is 7.14. The third-order valence-corrected chi connectivity index (χ3v) is 3.83. The van der Waals surface area contributed by atoms with Gasteiger partial charge in [0.15, 0.2) is 0 Å². The molecular formula is C15H21NO3S. The van der Waals surface area contributed by atoms with Crippen LogP contribution in [0.3, 0.4) is 0 Å². The van der Waals surface area contributed by atoms with Gasteiger partial charge in [-0.2, -0.15) is 0 Å². The summed E-state index contributed by atoms with van der Waals surface area (Å²) in [5.74, 6) is 5.27. The molecule has 0 radical (unpaired) electrons. The van der Waals surface area contributed by atoms with Gasteiger partial charge in [-0.25, -0.2) is 0 Å². The van der Waals surface area contributed by atoms with E-state index in [9.17, 15) is 4.79 Å². The average molecular weight is 295 g/mol. The number of aliphatic hydroxyl groups excluding tert-OH is 1. The van der Waals surface area contributed by atoms with Gasteiger partial charge in [0.05, 0.1) is 9.75 Å². The molecule has 0 unspecified atom stereocenters. The summed E-state index contributed by atoms with van der Waals surface area (Å²) in [6.07, 6.45) is 0.890. The van der Waals surface area contributed by atoms with Crippen molar-refractivity contribution in [1.29, 1.82) is 0 Å². The van der Waals surface area contributed by atoms with E-state index in [0.29, 0.717) is 18.0 Å². The molecular weight excluding hydrogens is 274 g/mol. The number of ether oxygens (including phenoxy) is 1. The first-order valence-electron chi connectivity index (χ1n) is 6.45. The van der Waals surface area contributed by atoms with E-state index < -0.39 is 0 Å². The standard InChI is InChI=1S/C15H21NO3S/c1-15(2,8-10-19-3)11-16-14(18)13-7-6-12(20-13)5-4-9-17/h6-7,17H,8-11H2,1-3H3,(H,16,18). The van der Waals surface area contributed by atoms with E-state index >= 15 is 0 Å². The van der Waals surface area contributed by atoms with Gasteiger partial charge >= 0.3 is 0 Å². The predicted octanol–water partition coefficient (Wildman–Crippen LogP) is 1.88. The van der Waals surface area contributed by atoms with Crippen molar-refractivity contribution in [2.24, 2.45) is 5.41 Å². The number of aliphatic hydroxyl groups is 1. The highest BCUT2D eigenvalue weighted by Crippen LogP contribution is 2.20. The molecule has 20 heavy (non-hydrogen) atoms. The van der Waals surface area contributed by atoms with Gasteiger partial charge in [-0.15, -0.1) is 11.3 Å². The lowest BCUT2D eigenvalue weighted by Crippen LogP contribution is -2.34. The van der Waals surface area contributed by atoms with E-state index in [-0.39, 0.29) is 17.9 Å². The van der Waals surface area contributed by atoms with Crippen molar-refractivity contribution < 1.29 is 14.6 Å². The smallest absolute Gasteiger partial charge is 0.261 e. The van der Waals surface area contributed by atoms with Crippen LogP contribution >= 0.6 is 11.3 Å². The van der Waals surface area contributed by atoms with Gasteiger partial charge in [-0.1, -0.05) is 25.7 Å². The number of amides is 1. The van der Waals surface area contributed by atoms with E-state index in [1.165, 1.54) is 11.3 Å². The van der Waals surface area contributed by atoms with Gasteiger partial charge in [0, 0.05) is 20.3 Å². The summed E-state index contributed by atoms with van der Waals surface area (Å²) < 4.78 is 5.06. The number of carbonyl (C=O) groups is 1. The van der Waals surface area contributed by atoms with E-state index in [2.05, 4.69) is 31.0 Å². The van der Waals surface area contributed by atoms with Crippen molar-refractivity contribution in [3.63, 3.8) is 0 Å². The van der Waals surface area contributed by atoms with Gasteiger partial charge < -0.3 is 15.2 Å². The monoisotopic (exact) mass is 295 g/mol. The maximum Gasteiger partial charge on any atom is 0.261 e. The molecule has 2 N–H and O–H groups in total. The second-order valence-corrected chi connectivity index (χ2v) is 6.30. The van der Waals surface area contributed by atoms with Gasteiger partial charge in [0.25, 0.3) is 5.91 Å². The summed E-state index contributed by atoms with van der Waals surface area (Å²) in [5, 5.41) is 11.6. The molecule has 5 heteroatoms. The van der Waals surface area contributed by atoms with Crippen molar-refractivity contribution in [3.8, 4) is 11.8 Å². The van der Waals surface area contributed by atoms with Crippen LogP contribution in [0, 0.1) is 17.3 Å². The first kappa shape index (κ1) is 16.7. The molecule has 1 rings (SSSR count). The van der Waals surface area contributed by atoms with Crippen LogP contribution in [-0.2, 0) is 4.74 Å². The van der Waals surface area contributed by atoms with E-state index in [4.69, 9.17) is 9.84 Å². The Kier molecular flexibility index (Phi) is 6.73. The van der Waals surface area contributed by atoms with Crippen LogP contribution in [0.15, 0.2) is 12.1 Å². The lowest BCUT2D eigenvalue weighted by Gasteiger charge is -2.24. The molecule has 1 aromatic rings. The molecule has 0 saturated heterocycles. The summed E-state index contributed by atoms with van der Waals surface area (Å²) in [5.41, 5.74) is 0.00243. The van der Waals surface area contributed by atoms with Crippen LogP contribution in [0.2, 0.25) is 0 Å². The second kappa shape index (κ2) is 8.05. The first-order valence-corrected chi connectivity index (χ1v) is 7.27. The molecule has 4 nitrogen and oxygen atoms in total. The van der Waals surface area contributed by atoms with Crippen molar-refractivity contribution in [2.45, 2.75) is 20.3 Å². The normalized spacial score (nSPS) is 10.8. The number of methoxy groups -OCH3 is 1. The van der Waals surface area contributed by atoms with Crippen LogP contribution in [0.1, 0.15) is 34.8 Å². The number of hydrogen-bond donors (Lipinski definition) is 2. The third kappa shape index (κ3) is 5.74. The van der Waals surface area contributed by atoms with Crippen LogP contribution in [-0.4, -0.2) is 37.9 Å². The predicted molar refractivity (Wildman–Crippen MR) is 80.9 cm³/mol. The second-order valence-electron chi connectivity index (χ2n) is 5.21. The zero-order valence-corrected chi connectivity index (χ0v) is 13.0. The molecule has 0 spiro atoms. The SMILES string of the molecule is COCCC(C)(C)CNC(=O)c1ccc(C#CCO)s1. The molecule has 0 fully saturated rings. The largest absolute Gasteiger partial charge is 0.385 e. The van der Waals surface area contributed by atoms with Gasteiger partial charge in [0.1, 0.15) is 6.61 Å². The Bertz CT molecular complexity index is 497. The van der Waals surface area contributed by atoms with Crippen molar-refractivity contribution in [3.05, 3.63) is 21.9 Å². The molecule has 0 saturated carbocycles. The van der Waals surface area contributed by atoms with Crippen molar-refractivity contribution >= 4 is 17.2 Å². The van der Waals surface area contributed by atoms with Crippen LogP contribution in [0.25, 0.3) is 0 Å². The topological polar surface area (TPSA) is 58.6 Å². The number of rotatable bonds is 6. The quantitative estimate of drug-likeness (QED) is 0.788. The summed E-state index contributed by atoms with van der Waals surface area (Å²) in [7, 11) is 1.68. The molecule has 0 aromatic carbocycles. The fraction of sp³-hybridized carbons (Fsp3) is 0.533. The molecule has 1 aromatic heterocycles. The van der Waals surface area contributed by atoms with Crippen LogP contribution < -0.4 is 5.32 Å². The number of nitrogens with one attached hydrogen (secondary N) is 1. The molecule has 0 atom stereocenters. The van der Waals surface area contributed by atoms with Crippen LogP contribution in [0.5, 0.6) is 0 Å². The molecule has 0 aliphatic carbocycles. The Labute approximate surface area is 124 Å². The van der Waals surface area contributed by atoms with E-state index in [1.807, 2.05) is 0 Å². The molecule has 1 amide bonds. The third-order valence-electron chi connectivity index (χ3n) is 2.83. The van der Waals surface area contributed by atoms with Crippen LogP contribution in [0.4, 0.5) is 0 Å². The molecule has 0 aliphatic rings. The highest BCUT2D eigenvalue weighted by atomic mass is 32.1. The summed E-state index contributed by atoms with van der Waals surface area (Å²) >= 11 is 1.33. The molecule has 1 heterocycles. The zero-order chi connectivity index (χ0) is 15.0. The maximum atomic E-state index is 12.0. The Morgan fingerprint density at radius 1 is 1.50 bits per heavy atom. The lowest BCUT2D eigenvalue weighted by atomic mass is 9.90. The Hall–Kier alpha value is -1.35. The number of thiophene rings is 1. The van der Waals surface area contributed by atoms with E-state index in [0.717, 1.165) is 11.3 Å². The Balaban J connectivity index is 2.52. The Morgan fingerprint density at radius 2 is 2.25 bits per heavy atom. The number of hydrogen-bond acceptors (Lipinski definition) is 4. The highest BCUT2D eigenvalue weighted by Gasteiger charge is 2.19. The fourth-order valence-corrected chi connectivity index (χ4v) is 2.32. The van der Waals surface area contributed by atoms with Crippen molar-refractivity contribution in [1.82, 2.24) is 5.32 Å². The molecule has 110 valence electrons. The summed E-state index contributed by atoms with van der Waals surface area (Å²) in [6.45, 7) is 5.30. The minimum absolute atomic E-state index is 0.00243.